The lowest BCUT2D eigenvalue weighted by atomic mass is 10.1. The van der Waals surface area contributed by atoms with Crippen LogP contribution in [0.4, 0.5) is 0 Å². The largest absolute Gasteiger partial charge is 0.310 e. The van der Waals surface area contributed by atoms with E-state index in [0.717, 1.165) is 11.1 Å². The van der Waals surface area contributed by atoms with E-state index in [1.807, 2.05) is 36.4 Å². The SMILES string of the molecule is Cc1ccn(Cc2ccccc2)c(=O)c1C#N. The van der Waals surface area contributed by atoms with Gasteiger partial charge in [-0.25, -0.2) is 0 Å². The normalized spacial score (nSPS) is 9.88. The molecular weight excluding hydrogens is 212 g/mol. The molecule has 84 valence electrons. The van der Waals surface area contributed by atoms with E-state index in [4.69, 9.17) is 5.26 Å². The third kappa shape index (κ3) is 2.26. The molecule has 0 aliphatic carbocycles. The van der Waals surface area contributed by atoms with Gasteiger partial charge in [-0.1, -0.05) is 30.3 Å². The molecule has 2 rings (SSSR count). The van der Waals surface area contributed by atoms with Crippen LogP contribution in [0.1, 0.15) is 16.7 Å². The Kier molecular flexibility index (Phi) is 3.06. The van der Waals surface area contributed by atoms with E-state index in [9.17, 15) is 4.79 Å². The number of hydrogen-bond acceptors (Lipinski definition) is 2. The molecule has 0 saturated carbocycles. The molecule has 0 radical (unpaired) electrons. The van der Waals surface area contributed by atoms with Gasteiger partial charge in [0.2, 0.25) is 0 Å². The first kappa shape index (κ1) is 11.2. The average Bonchev–Trinajstić information content (AvgIpc) is 2.35. The molecule has 0 atom stereocenters. The molecule has 2 aromatic rings. The monoisotopic (exact) mass is 224 g/mol. The van der Waals surface area contributed by atoms with Crippen LogP contribution >= 0.6 is 0 Å². The van der Waals surface area contributed by atoms with E-state index in [-0.39, 0.29) is 11.1 Å². The van der Waals surface area contributed by atoms with Crippen LogP contribution < -0.4 is 5.56 Å². The summed E-state index contributed by atoms with van der Waals surface area (Å²) in [5.74, 6) is 0. The van der Waals surface area contributed by atoms with Gasteiger partial charge in [0.25, 0.3) is 5.56 Å². The number of rotatable bonds is 2. The maximum Gasteiger partial charge on any atom is 0.269 e. The predicted molar refractivity (Wildman–Crippen MR) is 65.7 cm³/mol. The predicted octanol–water partition coefficient (Wildman–Crippen LogP) is 2.08. The van der Waals surface area contributed by atoms with E-state index >= 15 is 0 Å². The van der Waals surface area contributed by atoms with Gasteiger partial charge < -0.3 is 4.57 Å². The van der Waals surface area contributed by atoms with Crippen molar-refractivity contribution in [1.29, 1.82) is 5.26 Å². The third-order valence-corrected chi connectivity index (χ3v) is 2.68. The molecule has 17 heavy (non-hydrogen) atoms. The molecule has 0 spiro atoms. The second-order valence-electron chi connectivity index (χ2n) is 3.90. The number of pyridine rings is 1. The topological polar surface area (TPSA) is 45.8 Å². The fourth-order valence-corrected chi connectivity index (χ4v) is 1.71. The van der Waals surface area contributed by atoms with E-state index in [1.165, 1.54) is 0 Å². The van der Waals surface area contributed by atoms with Gasteiger partial charge in [-0.3, -0.25) is 4.79 Å². The molecule has 1 aromatic heterocycles. The van der Waals surface area contributed by atoms with Crippen molar-refractivity contribution in [2.24, 2.45) is 0 Å². The molecule has 0 saturated heterocycles. The fourth-order valence-electron chi connectivity index (χ4n) is 1.71. The highest BCUT2D eigenvalue weighted by molar-refractivity contribution is 5.34. The Balaban J connectivity index is 2.43. The summed E-state index contributed by atoms with van der Waals surface area (Å²) in [5, 5.41) is 8.93. The lowest BCUT2D eigenvalue weighted by molar-refractivity contribution is 0.754. The lowest BCUT2D eigenvalue weighted by Crippen LogP contribution is -2.23. The second kappa shape index (κ2) is 4.67. The summed E-state index contributed by atoms with van der Waals surface area (Å²) in [6, 6.07) is 13.5. The van der Waals surface area contributed by atoms with Crippen molar-refractivity contribution in [3.63, 3.8) is 0 Å². The zero-order valence-electron chi connectivity index (χ0n) is 9.55. The second-order valence-corrected chi connectivity index (χ2v) is 3.90. The van der Waals surface area contributed by atoms with Gasteiger partial charge in [-0.2, -0.15) is 5.26 Å². The molecule has 0 bridgehead atoms. The number of aryl methyl sites for hydroxylation is 1. The van der Waals surface area contributed by atoms with Crippen LogP contribution in [0, 0.1) is 18.3 Å². The van der Waals surface area contributed by atoms with Crippen molar-refractivity contribution >= 4 is 0 Å². The first-order valence-corrected chi connectivity index (χ1v) is 5.36. The third-order valence-electron chi connectivity index (χ3n) is 2.68. The van der Waals surface area contributed by atoms with Crippen LogP contribution in [0.5, 0.6) is 0 Å². The Morgan fingerprint density at radius 2 is 1.94 bits per heavy atom. The van der Waals surface area contributed by atoms with Gasteiger partial charge in [-0.15, -0.1) is 0 Å². The fraction of sp³-hybridized carbons (Fsp3) is 0.143. The number of nitriles is 1. The van der Waals surface area contributed by atoms with E-state index in [1.54, 1.807) is 23.8 Å². The van der Waals surface area contributed by atoms with Gasteiger partial charge >= 0.3 is 0 Å². The number of benzene rings is 1. The molecular formula is C14H12N2O. The Hall–Kier alpha value is -2.34. The molecule has 0 aliphatic heterocycles. The Bertz CT molecular complexity index is 621. The summed E-state index contributed by atoms with van der Waals surface area (Å²) in [5.41, 5.74) is 1.77. The van der Waals surface area contributed by atoms with Crippen molar-refractivity contribution in [2.75, 3.05) is 0 Å². The minimum absolute atomic E-state index is 0.225. The molecule has 0 fully saturated rings. The molecule has 1 aromatic carbocycles. The molecule has 0 N–H and O–H groups in total. The Morgan fingerprint density at radius 1 is 1.24 bits per heavy atom. The van der Waals surface area contributed by atoms with Gasteiger partial charge in [0.1, 0.15) is 11.6 Å². The summed E-state index contributed by atoms with van der Waals surface area (Å²) in [6.45, 7) is 2.27. The first-order chi connectivity index (χ1) is 8.22. The zero-order chi connectivity index (χ0) is 12.3. The molecule has 0 amide bonds. The summed E-state index contributed by atoms with van der Waals surface area (Å²) in [4.78, 5) is 12.0. The van der Waals surface area contributed by atoms with Gasteiger partial charge in [0, 0.05) is 6.20 Å². The maximum atomic E-state index is 12.0. The summed E-state index contributed by atoms with van der Waals surface area (Å²) < 4.78 is 1.56. The van der Waals surface area contributed by atoms with E-state index in [2.05, 4.69) is 0 Å². The van der Waals surface area contributed by atoms with Gasteiger partial charge in [-0.05, 0) is 24.1 Å². The zero-order valence-corrected chi connectivity index (χ0v) is 9.55. The Labute approximate surface area is 99.6 Å². The number of aromatic nitrogens is 1. The van der Waals surface area contributed by atoms with E-state index < -0.39 is 0 Å². The quantitative estimate of drug-likeness (QED) is 0.784. The van der Waals surface area contributed by atoms with Crippen molar-refractivity contribution in [3.8, 4) is 6.07 Å². The van der Waals surface area contributed by atoms with Crippen molar-refractivity contribution in [3.05, 3.63) is 69.6 Å². The minimum atomic E-state index is -0.226. The van der Waals surface area contributed by atoms with Gasteiger partial charge in [0.05, 0.1) is 6.54 Å². The first-order valence-electron chi connectivity index (χ1n) is 5.36. The minimum Gasteiger partial charge on any atom is -0.310 e. The average molecular weight is 224 g/mol. The summed E-state index contributed by atoms with van der Waals surface area (Å²) >= 11 is 0. The highest BCUT2D eigenvalue weighted by atomic mass is 16.1. The van der Waals surface area contributed by atoms with Crippen molar-refractivity contribution in [1.82, 2.24) is 4.57 Å². The summed E-state index contributed by atoms with van der Waals surface area (Å²) in [6.07, 6.45) is 1.73. The lowest BCUT2D eigenvalue weighted by Gasteiger charge is -2.07. The van der Waals surface area contributed by atoms with Crippen LogP contribution in [0.2, 0.25) is 0 Å². The molecule has 0 aliphatic rings. The molecule has 0 unspecified atom stereocenters. The molecule has 1 heterocycles. The molecule has 3 heteroatoms. The summed E-state index contributed by atoms with van der Waals surface area (Å²) in [7, 11) is 0. The van der Waals surface area contributed by atoms with E-state index in [0.29, 0.717) is 6.54 Å². The van der Waals surface area contributed by atoms with Crippen LogP contribution in [0.15, 0.2) is 47.4 Å². The Morgan fingerprint density at radius 3 is 2.59 bits per heavy atom. The van der Waals surface area contributed by atoms with Crippen molar-refractivity contribution in [2.45, 2.75) is 13.5 Å². The maximum absolute atomic E-state index is 12.0. The van der Waals surface area contributed by atoms with Crippen molar-refractivity contribution < 1.29 is 0 Å². The highest BCUT2D eigenvalue weighted by Crippen LogP contribution is 2.04. The van der Waals surface area contributed by atoms with Gasteiger partial charge in [0.15, 0.2) is 0 Å². The van der Waals surface area contributed by atoms with Crippen LogP contribution in [0.3, 0.4) is 0 Å². The van der Waals surface area contributed by atoms with Crippen LogP contribution in [-0.4, -0.2) is 4.57 Å². The number of hydrogen-bond donors (Lipinski definition) is 0. The smallest absolute Gasteiger partial charge is 0.269 e. The van der Waals surface area contributed by atoms with Crippen LogP contribution in [0.25, 0.3) is 0 Å². The van der Waals surface area contributed by atoms with Crippen LogP contribution in [-0.2, 0) is 6.54 Å². The number of nitrogens with zero attached hydrogens (tertiary/aromatic N) is 2. The highest BCUT2D eigenvalue weighted by Gasteiger charge is 2.06. The molecule has 3 nitrogen and oxygen atoms in total. The standard InChI is InChI=1S/C14H12N2O/c1-11-7-8-16(14(17)13(11)9-15)10-12-5-3-2-4-6-12/h2-8H,10H2,1H3.